The lowest BCUT2D eigenvalue weighted by Crippen LogP contribution is -2.53. The van der Waals surface area contributed by atoms with Crippen LogP contribution >= 0.6 is 11.8 Å². The van der Waals surface area contributed by atoms with E-state index in [9.17, 15) is 9.59 Å². The summed E-state index contributed by atoms with van der Waals surface area (Å²) in [7, 11) is 0. The van der Waals surface area contributed by atoms with Gasteiger partial charge in [0.1, 0.15) is 0 Å². The maximum atomic E-state index is 12.4. The van der Waals surface area contributed by atoms with Crippen LogP contribution in [0.15, 0.2) is 16.0 Å². The number of nitrogens with one attached hydrogen (secondary N) is 1. The molecular formula is C15H23N3O3S. The molecule has 0 spiro atoms. The Morgan fingerprint density at radius 2 is 2.14 bits per heavy atom. The third-order valence-electron chi connectivity index (χ3n) is 3.57. The maximum Gasteiger partial charge on any atom is 0.251 e. The average molecular weight is 325 g/mol. The Balaban J connectivity index is 2.00. The second-order valence-electron chi connectivity index (χ2n) is 5.62. The van der Waals surface area contributed by atoms with Crippen LogP contribution in [0.25, 0.3) is 0 Å². The highest BCUT2D eigenvalue weighted by molar-refractivity contribution is 7.99. The second kappa shape index (κ2) is 7.78. The summed E-state index contributed by atoms with van der Waals surface area (Å²) >= 11 is 1.28. The lowest BCUT2D eigenvalue weighted by atomic mass is 10.2. The topological polar surface area (TPSA) is 75.3 Å². The van der Waals surface area contributed by atoms with Gasteiger partial charge in [-0.2, -0.15) is 0 Å². The minimum absolute atomic E-state index is 0.0526. The molecule has 22 heavy (non-hydrogen) atoms. The van der Waals surface area contributed by atoms with Crippen molar-refractivity contribution in [3.05, 3.63) is 22.1 Å². The van der Waals surface area contributed by atoms with Gasteiger partial charge in [0, 0.05) is 11.8 Å². The number of thioether (sulfide) groups is 1. The quantitative estimate of drug-likeness (QED) is 0.655. The van der Waals surface area contributed by atoms with Gasteiger partial charge >= 0.3 is 0 Å². The summed E-state index contributed by atoms with van der Waals surface area (Å²) in [5.74, 6) is 0.324. The monoisotopic (exact) mass is 325 g/mol. The summed E-state index contributed by atoms with van der Waals surface area (Å²) in [6.45, 7) is 7.16. The van der Waals surface area contributed by atoms with E-state index in [-0.39, 0.29) is 29.3 Å². The third kappa shape index (κ3) is 4.33. The molecule has 0 aliphatic carbocycles. The maximum absolute atomic E-state index is 12.4. The number of carbonyl (C=O) groups is 1. The number of amides is 1. The van der Waals surface area contributed by atoms with Gasteiger partial charge in [-0.1, -0.05) is 25.1 Å². The van der Waals surface area contributed by atoms with Crippen molar-refractivity contribution in [3.8, 4) is 0 Å². The summed E-state index contributed by atoms with van der Waals surface area (Å²) < 4.78 is 5.44. The fourth-order valence-corrected chi connectivity index (χ4v) is 3.40. The number of rotatable bonds is 5. The van der Waals surface area contributed by atoms with E-state index in [4.69, 9.17) is 4.74 Å². The first-order chi connectivity index (χ1) is 10.5. The van der Waals surface area contributed by atoms with Crippen molar-refractivity contribution in [1.29, 1.82) is 0 Å². The molecule has 1 amide bonds. The second-order valence-corrected chi connectivity index (χ2v) is 6.58. The van der Waals surface area contributed by atoms with E-state index >= 15 is 0 Å². The van der Waals surface area contributed by atoms with Crippen LogP contribution in [-0.4, -0.2) is 51.8 Å². The van der Waals surface area contributed by atoms with E-state index in [0.29, 0.717) is 18.4 Å². The zero-order valence-electron chi connectivity index (χ0n) is 13.3. The molecule has 2 atom stereocenters. The van der Waals surface area contributed by atoms with Gasteiger partial charge in [0.15, 0.2) is 5.16 Å². The fraction of sp³-hybridized carbons (Fsp3) is 0.667. The van der Waals surface area contributed by atoms with Gasteiger partial charge in [-0.3, -0.25) is 9.59 Å². The third-order valence-corrected chi connectivity index (χ3v) is 4.43. The highest BCUT2D eigenvalue weighted by Crippen LogP contribution is 2.18. The van der Waals surface area contributed by atoms with Crippen LogP contribution in [0.1, 0.15) is 32.9 Å². The Hall–Kier alpha value is -1.34. The van der Waals surface area contributed by atoms with Gasteiger partial charge in [0.2, 0.25) is 5.91 Å². The Morgan fingerprint density at radius 3 is 2.77 bits per heavy atom. The molecule has 1 aliphatic heterocycles. The molecule has 0 saturated carbocycles. The molecule has 1 fully saturated rings. The number of H-pyrrole nitrogens is 1. The molecule has 0 aromatic carbocycles. The number of aromatic nitrogens is 2. The predicted molar refractivity (Wildman–Crippen MR) is 86.2 cm³/mol. The molecule has 2 heterocycles. The van der Waals surface area contributed by atoms with E-state index in [1.165, 1.54) is 17.8 Å². The number of hydrogen-bond acceptors (Lipinski definition) is 5. The van der Waals surface area contributed by atoms with Crippen molar-refractivity contribution in [3.63, 3.8) is 0 Å². The van der Waals surface area contributed by atoms with E-state index in [1.807, 2.05) is 25.7 Å². The number of ether oxygens (including phenoxy) is 1. The average Bonchev–Trinajstić information content (AvgIpc) is 2.45. The molecule has 7 heteroatoms. The van der Waals surface area contributed by atoms with Gasteiger partial charge in [-0.05, 0) is 20.3 Å². The van der Waals surface area contributed by atoms with E-state index in [2.05, 4.69) is 9.97 Å². The highest BCUT2D eigenvalue weighted by atomic mass is 32.2. The van der Waals surface area contributed by atoms with Crippen LogP contribution in [0.2, 0.25) is 0 Å². The van der Waals surface area contributed by atoms with E-state index in [0.717, 1.165) is 18.5 Å². The summed E-state index contributed by atoms with van der Waals surface area (Å²) in [5, 5.41) is 0.512. The molecular weight excluding hydrogens is 302 g/mol. The van der Waals surface area contributed by atoms with Crippen LogP contribution in [0, 0.1) is 0 Å². The van der Waals surface area contributed by atoms with Crippen LogP contribution < -0.4 is 5.56 Å². The molecule has 1 aliphatic rings. The summed E-state index contributed by atoms with van der Waals surface area (Å²) in [4.78, 5) is 33.0. The first-order valence-corrected chi connectivity index (χ1v) is 8.61. The predicted octanol–water partition coefficient (Wildman–Crippen LogP) is 1.45. The van der Waals surface area contributed by atoms with Crippen LogP contribution in [0.3, 0.4) is 0 Å². The van der Waals surface area contributed by atoms with Crippen LogP contribution in [-0.2, 0) is 16.0 Å². The summed E-state index contributed by atoms with van der Waals surface area (Å²) in [6.07, 6.45) is 1.70. The Kier molecular flexibility index (Phi) is 6.02. The Morgan fingerprint density at radius 1 is 1.45 bits per heavy atom. The number of aryl methyl sites for hydroxylation is 1. The first kappa shape index (κ1) is 17.0. The Bertz CT molecular complexity index is 565. The minimum atomic E-state index is -0.165. The van der Waals surface area contributed by atoms with Crippen molar-refractivity contribution in [2.75, 3.05) is 19.0 Å². The van der Waals surface area contributed by atoms with Gasteiger partial charge in [-0.25, -0.2) is 4.98 Å². The number of hydrogen-bond donors (Lipinski definition) is 1. The molecule has 6 nitrogen and oxygen atoms in total. The SMILES string of the molecule is CCCc1cc(=O)[nH]c(SCC(=O)N2[C@H](C)COC[C@@H]2C)n1. The normalized spacial score (nSPS) is 21.9. The zero-order chi connectivity index (χ0) is 16.1. The fourth-order valence-electron chi connectivity index (χ4n) is 2.64. The molecule has 0 bridgehead atoms. The largest absolute Gasteiger partial charge is 0.377 e. The van der Waals surface area contributed by atoms with Gasteiger partial charge < -0.3 is 14.6 Å². The minimum Gasteiger partial charge on any atom is -0.377 e. The smallest absolute Gasteiger partial charge is 0.251 e. The van der Waals surface area contributed by atoms with Crippen molar-refractivity contribution < 1.29 is 9.53 Å². The summed E-state index contributed by atoms with van der Waals surface area (Å²) in [5.41, 5.74) is 0.607. The number of aromatic amines is 1. The van der Waals surface area contributed by atoms with Crippen molar-refractivity contribution in [2.45, 2.75) is 50.9 Å². The Labute approximate surface area is 134 Å². The zero-order valence-corrected chi connectivity index (χ0v) is 14.1. The van der Waals surface area contributed by atoms with Gasteiger partial charge in [0.25, 0.3) is 5.56 Å². The number of morpholine rings is 1. The lowest BCUT2D eigenvalue weighted by molar-refractivity contribution is -0.141. The van der Waals surface area contributed by atoms with Crippen molar-refractivity contribution in [1.82, 2.24) is 14.9 Å². The molecule has 0 radical (unpaired) electrons. The number of carbonyl (C=O) groups excluding carboxylic acids is 1. The number of nitrogens with zero attached hydrogens (tertiary/aromatic N) is 2. The molecule has 2 rings (SSSR count). The van der Waals surface area contributed by atoms with Crippen molar-refractivity contribution in [2.24, 2.45) is 0 Å². The van der Waals surface area contributed by atoms with Gasteiger partial charge in [0.05, 0.1) is 31.1 Å². The molecule has 122 valence electrons. The molecule has 1 saturated heterocycles. The standard InChI is InChI=1S/C15H23N3O3S/c1-4-5-12-6-13(19)17-15(16-12)22-9-14(20)18-10(2)7-21-8-11(18)3/h6,10-11H,4-5,7-9H2,1-3H3,(H,16,17,19)/t10-,11+. The summed E-state index contributed by atoms with van der Waals surface area (Å²) in [6, 6.07) is 1.67. The molecule has 0 unspecified atom stereocenters. The molecule has 1 aromatic rings. The van der Waals surface area contributed by atoms with E-state index in [1.54, 1.807) is 0 Å². The molecule has 1 N–H and O–H groups in total. The van der Waals surface area contributed by atoms with Crippen LogP contribution in [0.4, 0.5) is 0 Å². The van der Waals surface area contributed by atoms with E-state index < -0.39 is 0 Å². The first-order valence-electron chi connectivity index (χ1n) is 7.63. The van der Waals surface area contributed by atoms with Crippen LogP contribution in [0.5, 0.6) is 0 Å². The highest BCUT2D eigenvalue weighted by Gasteiger charge is 2.29. The lowest BCUT2D eigenvalue weighted by Gasteiger charge is -2.38. The van der Waals surface area contributed by atoms with Crippen molar-refractivity contribution >= 4 is 17.7 Å². The van der Waals surface area contributed by atoms with Gasteiger partial charge in [-0.15, -0.1) is 0 Å². The molecule has 1 aromatic heterocycles.